The summed E-state index contributed by atoms with van der Waals surface area (Å²) in [6.07, 6.45) is 2.34. The van der Waals surface area contributed by atoms with Crippen molar-refractivity contribution in [3.8, 4) is 11.1 Å². The van der Waals surface area contributed by atoms with Gasteiger partial charge in [0.05, 0.1) is 12.3 Å². The van der Waals surface area contributed by atoms with Crippen LogP contribution in [-0.4, -0.2) is 35.9 Å². The minimum absolute atomic E-state index is 0.105. The lowest BCUT2D eigenvalue weighted by Crippen LogP contribution is -2.34. The summed E-state index contributed by atoms with van der Waals surface area (Å²) in [4.78, 5) is 28.2. The first-order valence-electron chi connectivity index (χ1n) is 11.3. The topological polar surface area (TPSA) is 40.6 Å². The maximum atomic E-state index is 12.3. The smallest absolute Gasteiger partial charge is 0.289 e. The van der Waals surface area contributed by atoms with Crippen LogP contribution < -0.4 is 4.90 Å². The zero-order valence-corrected chi connectivity index (χ0v) is 21.2. The van der Waals surface area contributed by atoms with Gasteiger partial charge in [-0.2, -0.15) is 0 Å². The number of aryl methyl sites for hydroxylation is 1. The van der Waals surface area contributed by atoms with Gasteiger partial charge in [0.2, 0.25) is 5.91 Å². The van der Waals surface area contributed by atoms with E-state index in [4.69, 9.17) is 0 Å². The molecule has 0 aromatic heterocycles. The first kappa shape index (κ1) is 22.9. The van der Waals surface area contributed by atoms with Crippen LogP contribution in [0.5, 0.6) is 0 Å². The van der Waals surface area contributed by atoms with E-state index in [9.17, 15) is 9.59 Å². The van der Waals surface area contributed by atoms with Crippen molar-refractivity contribution in [2.24, 2.45) is 0 Å². The largest absolute Gasteiger partial charge is 0.377 e. The van der Waals surface area contributed by atoms with E-state index in [-0.39, 0.29) is 27.7 Å². The fraction of sp³-hybridized carbons (Fsp3) is 0.481. The Labute approximate surface area is 196 Å². The van der Waals surface area contributed by atoms with Crippen LogP contribution in [0, 0.1) is 6.92 Å². The predicted molar refractivity (Wildman–Crippen MR) is 135 cm³/mol. The SMILES string of the molecule is Cc1cc2c(cc1-c1c(CN3C(=O)CSC3=O)cccc1N(C)C)C(C)(C)CCC2(C)C. The standard InChI is InChI=1S/C27H34N2O2S/c1-17-13-20-21(27(4,5)12-11-26(20,2)3)14-19(17)24-18(9-8-10-22(24)28(6)7)15-29-23(30)16-32-25(29)31/h8-10,13-14H,11-12,15-16H2,1-7H3. The summed E-state index contributed by atoms with van der Waals surface area (Å²) in [5.41, 5.74) is 8.79. The van der Waals surface area contributed by atoms with Gasteiger partial charge >= 0.3 is 0 Å². The molecule has 1 aliphatic carbocycles. The Balaban J connectivity index is 1.93. The molecule has 2 aliphatic rings. The maximum Gasteiger partial charge on any atom is 0.289 e. The number of nitrogens with zero attached hydrogens (tertiary/aromatic N) is 2. The van der Waals surface area contributed by atoms with Crippen molar-refractivity contribution in [1.82, 2.24) is 4.90 Å². The number of thioether (sulfide) groups is 1. The molecule has 1 aliphatic heterocycles. The number of anilines is 1. The third-order valence-electron chi connectivity index (χ3n) is 7.25. The first-order valence-corrected chi connectivity index (χ1v) is 12.3. The van der Waals surface area contributed by atoms with Crippen LogP contribution in [0.15, 0.2) is 30.3 Å². The van der Waals surface area contributed by atoms with E-state index >= 15 is 0 Å². The van der Waals surface area contributed by atoms with E-state index < -0.39 is 0 Å². The molecule has 0 spiro atoms. The van der Waals surface area contributed by atoms with Gasteiger partial charge in [-0.25, -0.2) is 0 Å². The second-order valence-electron chi connectivity index (χ2n) is 10.7. The average Bonchev–Trinajstić information content (AvgIpc) is 3.03. The molecule has 4 nitrogen and oxygen atoms in total. The van der Waals surface area contributed by atoms with E-state index in [2.05, 4.69) is 63.8 Å². The van der Waals surface area contributed by atoms with E-state index in [0.29, 0.717) is 6.54 Å². The van der Waals surface area contributed by atoms with Crippen molar-refractivity contribution >= 4 is 28.6 Å². The highest BCUT2D eigenvalue weighted by molar-refractivity contribution is 8.14. The van der Waals surface area contributed by atoms with Gasteiger partial charge in [0.1, 0.15) is 0 Å². The van der Waals surface area contributed by atoms with Crippen LogP contribution in [0.3, 0.4) is 0 Å². The highest BCUT2D eigenvalue weighted by atomic mass is 32.2. The number of fused-ring (bicyclic) bond motifs is 1. The minimum atomic E-state index is -0.152. The van der Waals surface area contributed by atoms with Crippen LogP contribution >= 0.6 is 11.8 Å². The van der Waals surface area contributed by atoms with Gasteiger partial charge in [-0.05, 0) is 70.5 Å². The zero-order chi connectivity index (χ0) is 23.4. The normalized spacial score (nSPS) is 19.3. The Bertz CT molecular complexity index is 1090. The van der Waals surface area contributed by atoms with Crippen molar-refractivity contribution in [3.63, 3.8) is 0 Å². The van der Waals surface area contributed by atoms with Crippen molar-refractivity contribution in [2.75, 3.05) is 24.7 Å². The number of hydrogen-bond donors (Lipinski definition) is 0. The molecule has 0 saturated carbocycles. The second-order valence-corrected chi connectivity index (χ2v) is 11.6. The maximum absolute atomic E-state index is 12.3. The van der Waals surface area contributed by atoms with Crippen LogP contribution in [0.4, 0.5) is 10.5 Å². The molecule has 1 fully saturated rings. The van der Waals surface area contributed by atoms with Gasteiger partial charge in [0, 0.05) is 25.3 Å². The molecular formula is C27H34N2O2S. The minimum Gasteiger partial charge on any atom is -0.377 e. The van der Waals surface area contributed by atoms with Crippen LogP contribution in [0.1, 0.15) is 62.8 Å². The third-order valence-corrected chi connectivity index (χ3v) is 8.11. The van der Waals surface area contributed by atoms with E-state index in [1.807, 2.05) is 20.2 Å². The Morgan fingerprint density at radius 1 is 1.00 bits per heavy atom. The quantitative estimate of drug-likeness (QED) is 0.550. The van der Waals surface area contributed by atoms with Gasteiger partial charge < -0.3 is 4.90 Å². The number of rotatable bonds is 4. The lowest BCUT2D eigenvalue weighted by atomic mass is 9.62. The molecule has 0 bridgehead atoms. The Morgan fingerprint density at radius 2 is 1.62 bits per heavy atom. The van der Waals surface area contributed by atoms with Gasteiger partial charge in [0.15, 0.2) is 0 Å². The summed E-state index contributed by atoms with van der Waals surface area (Å²) in [5.74, 6) is 0.133. The third kappa shape index (κ3) is 3.85. The molecule has 1 saturated heterocycles. The second kappa shape index (κ2) is 7.95. The van der Waals surface area contributed by atoms with Crippen molar-refractivity contribution in [1.29, 1.82) is 0 Å². The Morgan fingerprint density at radius 3 is 2.19 bits per heavy atom. The highest BCUT2D eigenvalue weighted by Gasteiger charge is 2.38. The number of imide groups is 1. The van der Waals surface area contributed by atoms with Gasteiger partial charge in [0.25, 0.3) is 5.24 Å². The molecule has 2 amide bonds. The number of benzene rings is 2. The summed E-state index contributed by atoms with van der Waals surface area (Å²) < 4.78 is 0. The van der Waals surface area contributed by atoms with Gasteiger partial charge in [-0.1, -0.05) is 57.7 Å². The fourth-order valence-corrected chi connectivity index (χ4v) is 5.82. The fourth-order valence-electron chi connectivity index (χ4n) is 5.10. The summed E-state index contributed by atoms with van der Waals surface area (Å²) in [7, 11) is 4.09. The molecule has 2 aromatic carbocycles. The Kier molecular flexibility index (Phi) is 5.69. The van der Waals surface area contributed by atoms with Crippen LogP contribution in [0.25, 0.3) is 11.1 Å². The molecule has 0 atom stereocenters. The summed E-state index contributed by atoms with van der Waals surface area (Å²) in [6.45, 7) is 11.9. The molecule has 4 rings (SSSR count). The van der Waals surface area contributed by atoms with E-state index in [0.717, 1.165) is 35.0 Å². The lowest BCUT2D eigenvalue weighted by Gasteiger charge is -2.42. The number of hydrogen-bond acceptors (Lipinski definition) is 4. The first-order chi connectivity index (χ1) is 14.9. The average molecular weight is 451 g/mol. The van der Waals surface area contributed by atoms with Gasteiger partial charge in [-0.15, -0.1) is 0 Å². The summed E-state index contributed by atoms with van der Waals surface area (Å²) in [6, 6.07) is 11.0. The van der Waals surface area contributed by atoms with E-state index in [1.54, 1.807) is 0 Å². The molecule has 32 heavy (non-hydrogen) atoms. The zero-order valence-electron chi connectivity index (χ0n) is 20.3. The molecule has 0 radical (unpaired) electrons. The van der Waals surface area contributed by atoms with Crippen molar-refractivity contribution in [2.45, 2.75) is 64.8 Å². The van der Waals surface area contributed by atoms with Crippen LogP contribution in [0.2, 0.25) is 0 Å². The Hall–Kier alpha value is -2.27. The monoisotopic (exact) mass is 450 g/mol. The molecule has 170 valence electrons. The molecule has 5 heteroatoms. The van der Waals surface area contributed by atoms with Crippen molar-refractivity contribution < 1.29 is 9.59 Å². The molecule has 0 N–H and O–H groups in total. The lowest BCUT2D eigenvalue weighted by molar-refractivity contribution is -0.125. The van der Waals surface area contributed by atoms with E-state index in [1.165, 1.54) is 33.6 Å². The summed E-state index contributed by atoms with van der Waals surface area (Å²) >= 11 is 1.09. The molecule has 2 aromatic rings. The molecule has 1 heterocycles. The highest BCUT2D eigenvalue weighted by Crippen LogP contribution is 2.49. The molecular weight excluding hydrogens is 416 g/mol. The van der Waals surface area contributed by atoms with Gasteiger partial charge in [-0.3, -0.25) is 14.5 Å². The van der Waals surface area contributed by atoms with Crippen molar-refractivity contribution in [3.05, 3.63) is 52.6 Å². The number of carbonyl (C=O) groups excluding carboxylic acids is 2. The molecule has 0 unspecified atom stereocenters. The predicted octanol–water partition coefficient (Wildman–Crippen LogP) is 6.27. The van der Waals surface area contributed by atoms with Crippen LogP contribution in [-0.2, 0) is 22.2 Å². The number of carbonyl (C=O) groups is 2. The number of amides is 2. The summed E-state index contributed by atoms with van der Waals surface area (Å²) in [5, 5.41) is -0.152.